The van der Waals surface area contributed by atoms with Gasteiger partial charge in [0, 0.05) is 18.8 Å². The third-order valence-electron chi connectivity index (χ3n) is 4.96. The van der Waals surface area contributed by atoms with Gasteiger partial charge in [0.1, 0.15) is 0 Å². The molecule has 1 aromatic carbocycles. The quantitative estimate of drug-likeness (QED) is 0.889. The molecular weight excluding hydrogens is 276 g/mol. The smallest absolute Gasteiger partial charge is 0.156 e. The lowest BCUT2D eigenvalue weighted by Crippen LogP contribution is -2.34. The summed E-state index contributed by atoms with van der Waals surface area (Å²) < 4.78 is 0. The second-order valence-electron chi connectivity index (χ2n) is 6.64. The van der Waals surface area contributed by atoms with Crippen molar-refractivity contribution in [3.63, 3.8) is 0 Å². The molecule has 0 amide bonds. The highest BCUT2D eigenvalue weighted by molar-refractivity contribution is 8.13. The van der Waals surface area contributed by atoms with Crippen LogP contribution in [-0.4, -0.2) is 24.0 Å². The molecule has 0 bridgehead atoms. The first kappa shape index (κ1) is 15.0. The number of nitrogens with zero attached hydrogens (tertiary/aromatic N) is 1. The van der Waals surface area contributed by atoms with Crippen molar-refractivity contribution in [2.75, 3.05) is 18.8 Å². The molecule has 0 saturated heterocycles. The first-order chi connectivity index (χ1) is 10.3. The summed E-state index contributed by atoms with van der Waals surface area (Å²) in [6, 6.07) is 10.8. The average molecular weight is 302 g/mol. The maximum atomic E-state index is 4.80. The largest absolute Gasteiger partial charge is 0.365 e. The van der Waals surface area contributed by atoms with Crippen molar-refractivity contribution < 1.29 is 0 Å². The van der Waals surface area contributed by atoms with Crippen molar-refractivity contribution in [1.29, 1.82) is 0 Å². The summed E-state index contributed by atoms with van der Waals surface area (Å²) in [5.74, 6) is 1.88. The van der Waals surface area contributed by atoms with Crippen molar-refractivity contribution >= 4 is 16.9 Å². The zero-order valence-electron chi connectivity index (χ0n) is 13.0. The van der Waals surface area contributed by atoms with E-state index >= 15 is 0 Å². The monoisotopic (exact) mass is 302 g/mol. The SMILES string of the molecule is CC(CCNC1=NCC2(CCCC2)CS1)c1ccccc1. The van der Waals surface area contributed by atoms with E-state index in [-0.39, 0.29) is 0 Å². The van der Waals surface area contributed by atoms with E-state index in [1.165, 1.54) is 42.2 Å². The predicted molar refractivity (Wildman–Crippen MR) is 93.1 cm³/mol. The molecule has 1 unspecified atom stereocenters. The molecule has 3 rings (SSSR count). The second kappa shape index (κ2) is 6.87. The van der Waals surface area contributed by atoms with E-state index in [1.807, 2.05) is 11.8 Å². The van der Waals surface area contributed by atoms with Crippen LogP contribution in [0.4, 0.5) is 0 Å². The molecule has 1 aromatic rings. The molecule has 2 aliphatic rings. The average Bonchev–Trinajstić information content (AvgIpc) is 2.98. The summed E-state index contributed by atoms with van der Waals surface area (Å²) in [4.78, 5) is 4.80. The van der Waals surface area contributed by atoms with Gasteiger partial charge in [0.25, 0.3) is 0 Å². The van der Waals surface area contributed by atoms with Crippen molar-refractivity contribution in [2.24, 2.45) is 10.4 Å². The molecule has 1 spiro atoms. The van der Waals surface area contributed by atoms with E-state index in [9.17, 15) is 0 Å². The topological polar surface area (TPSA) is 24.4 Å². The molecule has 21 heavy (non-hydrogen) atoms. The Labute approximate surface area is 132 Å². The fraction of sp³-hybridized carbons (Fsp3) is 0.611. The Morgan fingerprint density at radius 3 is 2.67 bits per heavy atom. The van der Waals surface area contributed by atoms with Gasteiger partial charge in [0.15, 0.2) is 5.17 Å². The van der Waals surface area contributed by atoms with Gasteiger partial charge in [-0.2, -0.15) is 0 Å². The molecule has 1 fully saturated rings. The number of hydrogen-bond acceptors (Lipinski definition) is 3. The second-order valence-corrected chi connectivity index (χ2v) is 7.61. The molecule has 1 aliphatic carbocycles. The Bertz CT molecular complexity index is 477. The summed E-state index contributed by atoms with van der Waals surface area (Å²) in [6.45, 7) is 4.38. The van der Waals surface area contributed by atoms with E-state index in [0.29, 0.717) is 11.3 Å². The molecule has 2 nitrogen and oxygen atoms in total. The summed E-state index contributed by atoms with van der Waals surface area (Å²) in [6.07, 6.45) is 6.76. The highest BCUT2D eigenvalue weighted by atomic mass is 32.2. The van der Waals surface area contributed by atoms with Gasteiger partial charge < -0.3 is 5.32 Å². The van der Waals surface area contributed by atoms with Crippen molar-refractivity contribution in [3.8, 4) is 0 Å². The number of thioether (sulfide) groups is 1. The van der Waals surface area contributed by atoms with E-state index in [2.05, 4.69) is 42.6 Å². The van der Waals surface area contributed by atoms with Gasteiger partial charge in [-0.25, -0.2) is 0 Å². The standard InChI is InChI=1S/C18H26N2S/c1-15(16-7-3-2-4-8-16)9-12-19-17-20-13-18(14-21-17)10-5-6-11-18/h2-4,7-8,15H,5-6,9-14H2,1H3,(H,19,20). The molecule has 0 aromatic heterocycles. The highest BCUT2D eigenvalue weighted by Gasteiger charge is 2.36. The fourth-order valence-corrected chi connectivity index (χ4v) is 4.61. The molecule has 1 atom stereocenters. The van der Waals surface area contributed by atoms with Gasteiger partial charge in [-0.15, -0.1) is 0 Å². The summed E-state index contributed by atoms with van der Waals surface area (Å²) in [7, 11) is 0. The van der Waals surface area contributed by atoms with Crippen LogP contribution in [0, 0.1) is 5.41 Å². The van der Waals surface area contributed by atoms with Crippen molar-refractivity contribution in [3.05, 3.63) is 35.9 Å². The zero-order valence-corrected chi connectivity index (χ0v) is 13.8. The molecule has 1 saturated carbocycles. The first-order valence-electron chi connectivity index (χ1n) is 8.24. The van der Waals surface area contributed by atoms with Crippen LogP contribution in [0.25, 0.3) is 0 Å². The molecule has 3 heteroatoms. The number of rotatable bonds is 4. The minimum Gasteiger partial charge on any atom is -0.365 e. The number of hydrogen-bond donors (Lipinski definition) is 1. The Kier molecular flexibility index (Phi) is 4.89. The number of amidine groups is 1. The Balaban J connectivity index is 1.43. The van der Waals surface area contributed by atoms with Crippen LogP contribution in [0.2, 0.25) is 0 Å². The van der Waals surface area contributed by atoms with Crippen LogP contribution in [0.3, 0.4) is 0 Å². The number of benzene rings is 1. The van der Waals surface area contributed by atoms with Gasteiger partial charge >= 0.3 is 0 Å². The van der Waals surface area contributed by atoms with E-state index in [0.717, 1.165) is 19.5 Å². The van der Waals surface area contributed by atoms with Gasteiger partial charge in [0.05, 0.1) is 0 Å². The van der Waals surface area contributed by atoms with E-state index in [4.69, 9.17) is 4.99 Å². The van der Waals surface area contributed by atoms with Gasteiger partial charge in [-0.3, -0.25) is 4.99 Å². The molecular formula is C18H26N2S. The Morgan fingerprint density at radius 2 is 2.00 bits per heavy atom. The van der Waals surface area contributed by atoms with Crippen LogP contribution in [-0.2, 0) is 0 Å². The van der Waals surface area contributed by atoms with E-state index < -0.39 is 0 Å². The lowest BCUT2D eigenvalue weighted by molar-refractivity contribution is 0.358. The van der Waals surface area contributed by atoms with Crippen molar-refractivity contribution in [2.45, 2.75) is 44.9 Å². The Morgan fingerprint density at radius 1 is 1.24 bits per heavy atom. The van der Waals surface area contributed by atoms with Crippen LogP contribution >= 0.6 is 11.8 Å². The summed E-state index contributed by atoms with van der Waals surface area (Å²) in [5.41, 5.74) is 1.98. The predicted octanol–water partition coefficient (Wildman–Crippen LogP) is 4.43. The van der Waals surface area contributed by atoms with Crippen molar-refractivity contribution in [1.82, 2.24) is 5.32 Å². The summed E-state index contributed by atoms with van der Waals surface area (Å²) in [5, 5.41) is 4.72. The molecule has 1 heterocycles. The third kappa shape index (κ3) is 3.82. The number of aliphatic imine (C=N–C) groups is 1. The van der Waals surface area contributed by atoms with Gasteiger partial charge in [-0.05, 0) is 36.2 Å². The zero-order chi connectivity index (χ0) is 14.5. The summed E-state index contributed by atoms with van der Waals surface area (Å²) >= 11 is 1.95. The van der Waals surface area contributed by atoms with Crippen LogP contribution in [0.5, 0.6) is 0 Å². The molecule has 1 N–H and O–H groups in total. The van der Waals surface area contributed by atoms with Crippen LogP contribution < -0.4 is 5.32 Å². The van der Waals surface area contributed by atoms with Gasteiger partial charge in [0.2, 0.25) is 0 Å². The van der Waals surface area contributed by atoms with E-state index in [1.54, 1.807) is 0 Å². The third-order valence-corrected chi connectivity index (χ3v) is 6.26. The van der Waals surface area contributed by atoms with Crippen LogP contribution in [0.15, 0.2) is 35.3 Å². The lowest BCUT2D eigenvalue weighted by atomic mass is 9.89. The maximum absolute atomic E-state index is 4.80. The lowest BCUT2D eigenvalue weighted by Gasteiger charge is -2.31. The molecule has 0 radical (unpaired) electrons. The normalized spacial score (nSPS) is 22.0. The van der Waals surface area contributed by atoms with Gasteiger partial charge in [-0.1, -0.05) is 61.9 Å². The first-order valence-corrected chi connectivity index (χ1v) is 9.22. The Hall–Kier alpha value is -0.960. The molecule has 114 valence electrons. The highest BCUT2D eigenvalue weighted by Crippen LogP contribution is 2.43. The fourth-order valence-electron chi connectivity index (χ4n) is 3.43. The molecule has 1 aliphatic heterocycles. The van der Waals surface area contributed by atoms with Crippen LogP contribution in [0.1, 0.15) is 50.5 Å². The minimum atomic E-state index is 0.549. The number of nitrogens with one attached hydrogen (secondary N) is 1. The maximum Gasteiger partial charge on any atom is 0.156 e. The minimum absolute atomic E-state index is 0.549.